The van der Waals surface area contributed by atoms with Crippen molar-refractivity contribution in [3.8, 4) is 0 Å². The van der Waals surface area contributed by atoms with Crippen molar-refractivity contribution in [3.63, 3.8) is 0 Å². The Balaban J connectivity index is 3.07. The summed E-state index contributed by atoms with van der Waals surface area (Å²) in [6.45, 7) is 9.17. The van der Waals surface area contributed by atoms with Crippen molar-refractivity contribution in [2.24, 2.45) is 5.92 Å². The minimum Gasteiger partial charge on any atom is -0.317 e. The molecule has 0 amide bonds. The highest BCUT2D eigenvalue weighted by atomic mass is 14.8. The fourth-order valence-corrected chi connectivity index (χ4v) is 1.82. The Hall–Kier alpha value is -0.0400. The number of unbranched alkanes of at least 4 members (excludes halogenated alkanes) is 3. The van der Waals surface area contributed by atoms with Crippen LogP contribution in [0.5, 0.6) is 0 Å². The molecular formula is C13H29N. The van der Waals surface area contributed by atoms with Crippen LogP contribution < -0.4 is 5.32 Å². The summed E-state index contributed by atoms with van der Waals surface area (Å²) in [4.78, 5) is 0. The Labute approximate surface area is 90.7 Å². The topological polar surface area (TPSA) is 12.0 Å². The average molecular weight is 199 g/mol. The van der Waals surface area contributed by atoms with Gasteiger partial charge in [-0.05, 0) is 31.8 Å². The van der Waals surface area contributed by atoms with Crippen LogP contribution in [0.4, 0.5) is 0 Å². The molecule has 0 heterocycles. The van der Waals surface area contributed by atoms with Gasteiger partial charge in [-0.1, -0.05) is 52.9 Å². The Morgan fingerprint density at radius 1 is 0.929 bits per heavy atom. The molecule has 1 heteroatoms. The second kappa shape index (κ2) is 11.0. The first-order chi connectivity index (χ1) is 6.81. The average Bonchev–Trinajstić information content (AvgIpc) is 2.19. The van der Waals surface area contributed by atoms with E-state index in [2.05, 4.69) is 26.1 Å². The molecule has 0 fully saturated rings. The number of hydrogen-bond donors (Lipinski definition) is 1. The van der Waals surface area contributed by atoms with Gasteiger partial charge in [-0.2, -0.15) is 0 Å². The van der Waals surface area contributed by atoms with E-state index < -0.39 is 0 Å². The third-order valence-electron chi connectivity index (χ3n) is 2.85. The maximum Gasteiger partial charge on any atom is -0.00489 e. The summed E-state index contributed by atoms with van der Waals surface area (Å²) < 4.78 is 0. The van der Waals surface area contributed by atoms with Crippen LogP contribution in [0, 0.1) is 5.92 Å². The summed E-state index contributed by atoms with van der Waals surface area (Å²) in [6.07, 6.45) is 9.84. The predicted octanol–water partition coefficient (Wildman–Crippen LogP) is 3.98. The SMILES string of the molecule is CCCCCCC(C)CCCNCC. The van der Waals surface area contributed by atoms with Gasteiger partial charge in [-0.3, -0.25) is 0 Å². The van der Waals surface area contributed by atoms with Crippen LogP contribution in [-0.4, -0.2) is 13.1 Å². The maximum absolute atomic E-state index is 3.38. The van der Waals surface area contributed by atoms with Crippen molar-refractivity contribution in [2.75, 3.05) is 13.1 Å². The van der Waals surface area contributed by atoms with Gasteiger partial charge in [-0.25, -0.2) is 0 Å². The van der Waals surface area contributed by atoms with E-state index in [0.717, 1.165) is 12.5 Å². The van der Waals surface area contributed by atoms with Gasteiger partial charge in [0.15, 0.2) is 0 Å². The van der Waals surface area contributed by atoms with Crippen LogP contribution in [0.1, 0.15) is 65.7 Å². The lowest BCUT2D eigenvalue weighted by atomic mass is 9.98. The molecule has 86 valence electrons. The standard InChI is InChI=1S/C13H29N/c1-4-6-7-8-10-13(3)11-9-12-14-5-2/h13-14H,4-12H2,1-3H3. The van der Waals surface area contributed by atoms with Gasteiger partial charge in [0.25, 0.3) is 0 Å². The highest BCUT2D eigenvalue weighted by molar-refractivity contribution is 4.55. The van der Waals surface area contributed by atoms with Gasteiger partial charge in [-0.15, -0.1) is 0 Å². The zero-order chi connectivity index (χ0) is 10.6. The summed E-state index contributed by atoms with van der Waals surface area (Å²) in [7, 11) is 0. The molecule has 0 saturated heterocycles. The molecule has 1 N–H and O–H groups in total. The Kier molecular flexibility index (Phi) is 11.0. The van der Waals surface area contributed by atoms with Gasteiger partial charge in [0, 0.05) is 0 Å². The fraction of sp³-hybridized carbons (Fsp3) is 1.00. The normalized spacial score (nSPS) is 13.1. The Morgan fingerprint density at radius 2 is 1.64 bits per heavy atom. The van der Waals surface area contributed by atoms with E-state index in [1.54, 1.807) is 0 Å². The van der Waals surface area contributed by atoms with Crippen LogP contribution in [0.25, 0.3) is 0 Å². The number of rotatable bonds is 10. The first-order valence-corrected chi connectivity index (χ1v) is 6.52. The van der Waals surface area contributed by atoms with Crippen LogP contribution >= 0.6 is 0 Å². The summed E-state index contributed by atoms with van der Waals surface area (Å²) in [5.74, 6) is 0.936. The zero-order valence-corrected chi connectivity index (χ0v) is 10.4. The van der Waals surface area contributed by atoms with E-state index in [1.807, 2.05) is 0 Å². The first kappa shape index (κ1) is 14.0. The van der Waals surface area contributed by atoms with E-state index in [9.17, 15) is 0 Å². The fourth-order valence-electron chi connectivity index (χ4n) is 1.82. The molecule has 0 aliphatic carbocycles. The highest BCUT2D eigenvalue weighted by Crippen LogP contribution is 2.14. The molecule has 14 heavy (non-hydrogen) atoms. The number of nitrogens with one attached hydrogen (secondary N) is 1. The van der Waals surface area contributed by atoms with Crippen LogP contribution in [0.15, 0.2) is 0 Å². The van der Waals surface area contributed by atoms with E-state index in [1.165, 1.54) is 51.5 Å². The van der Waals surface area contributed by atoms with E-state index in [0.29, 0.717) is 0 Å². The Bertz CT molecular complexity index is 89.4. The molecule has 1 nitrogen and oxygen atoms in total. The van der Waals surface area contributed by atoms with Crippen molar-refractivity contribution < 1.29 is 0 Å². The molecule has 0 saturated carbocycles. The maximum atomic E-state index is 3.38. The van der Waals surface area contributed by atoms with E-state index >= 15 is 0 Å². The lowest BCUT2D eigenvalue weighted by Crippen LogP contribution is -2.14. The smallest absolute Gasteiger partial charge is 0.00489 e. The molecule has 0 aromatic rings. The third kappa shape index (κ3) is 10.0. The summed E-state index contributed by atoms with van der Waals surface area (Å²) in [5.41, 5.74) is 0. The second-order valence-corrected chi connectivity index (χ2v) is 4.45. The molecule has 0 bridgehead atoms. The first-order valence-electron chi connectivity index (χ1n) is 6.52. The van der Waals surface area contributed by atoms with Gasteiger partial charge in [0.05, 0.1) is 0 Å². The summed E-state index contributed by atoms with van der Waals surface area (Å²) >= 11 is 0. The summed E-state index contributed by atoms with van der Waals surface area (Å²) in [5, 5.41) is 3.38. The van der Waals surface area contributed by atoms with Crippen molar-refractivity contribution in [1.29, 1.82) is 0 Å². The van der Waals surface area contributed by atoms with Crippen LogP contribution in [0.3, 0.4) is 0 Å². The molecule has 0 rings (SSSR count). The zero-order valence-electron chi connectivity index (χ0n) is 10.4. The van der Waals surface area contributed by atoms with Crippen molar-refractivity contribution in [2.45, 2.75) is 65.7 Å². The van der Waals surface area contributed by atoms with E-state index in [-0.39, 0.29) is 0 Å². The van der Waals surface area contributed by atoms with Gasteiger partial charge in [0.2, 0.25) is 0 Å². The molecule has 1 unspecified atom stereocenters. The minimum absolute atomic E-state index is 0.936. The third-order valence-corrected chi connectivity index (χ3v) is 2.85. The molecule has 1 atom stereocenters. The van der Waals surface area contributed by atoms with Crippen molar-refractivity contribution in [1.82, 2.24) is 5.32 Å². The minimum atomic E-state index is 0.936. The van der Waals surface area contributed by atoms with Gasteiger partial charge >= 0.3 is 0 Å². The molecular weight excluding hydrogens is 170 g/mol. The van der Waals surface area contributed by atoms with Crippen LogP contribution in [-0.2, 0) is 0 Å². The van der Waals surface area contributed by atoms with Gasteiger partial charge < -0.3 is 5.32 Å². The molecule has 0 aromatic carbocycles. The Morgan fingerprint density at radius 3 is 2.29 bits per heavy atom. The molecule has 0 spiro atoms. The highest BCUT2D eigenvalue weighted by Gasteiger charge is 2.00. The molecule has 0 aliphatic rings. The molecule has 0 aromatic heterocycles. The second-order valence-electron chi connectivity index (χ2n) is 4.45. The lowest BCUT2D eigenvalue weighted by Gasteiger charge is -2.10. The van der Waals surface area contributed by atoms with Crippen LogP contribution in [0.2, 0.25) is 0 Å². The molecule has 0 radical (unpaired) electrons. The van der Waals surface area contributed by atoms with E-state index in [4.69, 9.17) is 0 Å². The monoisotopic (exact) mass is 199 g/mol. The predicted molar refractivity (Wildman–Crippen MR) is 65.7 cm³/mol. The summed E-state index contributed by atoms with van der Waals surface area (Å²) in [6, 6.07) is 0. The van der Waals surface area contributed by atoms with Gasteiger partial charge in [0.1, 0.15) is 0 Å². The quantitative estimate of drug-likeness (QED) is 0.525. The van der Waals surface area contributed by atoms with Crippen molar-refractivity contribution >= 4 is 0 Å². The largest absolute Gasteiger partial charge is 0.317 e. The van der Waals surface area contributed by atoms with Crippen molar-refractivity contribution in [3.05, 3.63) is 0 Å². The molecule has 0 aliphatic heterocycles. The number of hydrogen-bond acceptors (Lipinski definition) is 1. The lowest BCUT2D eigenvalue weighted by molar-refractivity contribution is 0.441.